The van der Waals surface area contributed by atoms with Crippen LogP contribution in [-0.2, 0) is 6.42 Å². The zero-order chi connectivity index (χ0) is 13.0. The third-order valence-corrected chi connectivity index (χ3v) is 3.68. The fourth-order valence-corrected chi connectivity index (χ4v) is 2.52. The second-order valence-corrected chi connectivity index (χ2v) is 5.07. The fraction of sp³-hybridized carbons (Fsp3) is 0.692. The Morgan fingerprint density at radius 1 is 1.28 bits per heavy atom. The van der Waals surface area contributed by atoms with Crippen molar-refractivity contribution < 1.29 is 0 Å². The standard InChI is InChI=1S/C13H23N5/c1-3-11-16-12(8-13(17-11)18-14)15-10-7-5-4-6-9(10)2/h8-10H,3-7,14H2,1-2H3,(H2,15,16,17,18). The molecule has 1 heterocycles. The molecule has 1 saturated carbocycles. The number of aryl methyl sites for hydroxylation is 1. The Hall–Kier alpha value is -1.36. The van der Waals surface area contributed by atoms with E-state index < -0.39 is 0 Å². The smallest absolute Gasteiger partial charge is 0.145 e. The van der Waals surface area contributed by atoms with E-state index in [4.69, 9.17) is 5.84 Å². The summed E-state index contributed by atoms with van der Waals surface area (Å²) in [6, 6.07) is 2.39. The molecule has 1 aliphatic carbocycles. The zero-order valence-electron chi connectivity index (χ0n) is 11.2. The second kappa shape index (κ2) is 6.00. The molecule has 4 N–H and O–H groups in total. The summed E-state index contributed by atoms with van der Waals surface area (Å²) in [6.45, 7) is 4.35. The highest BCUT2D eigenvalue weighted by atomic mass is 15.3. The van der Waals surface area contributed by atoms with Crippen LogP contribution in [0.5, 0.6) is 0 Å². The van der Waals surface area contributed by atoms with Gasteiger partial charge in [0.05, 0.1) is 0 Å². The molecule has 0 spiro atoms. The average molecular weight is 249 g/mol. The van der Waals surface area contributed by atoms with Gasteiger partial charge in [-0.2, -0.15) is 0 Å². The monoisotopic (exact) mass is 249 g/mol. The number of nitrogens with two attached hydrogens (primary N) is 1. The molecule has 5 nitrogen and oxygen atoms in total. The lowest BCUT2D eigenvalue weighted by Gasteiger charge is -2.30. The molecule has 2 atom stereocenters. The van der Waals surface area contributed by atoms with Gasteiger partial charge in [-0.05, 0) is 18.8 Å². The van der Waals surface area contributed by atoms with Gasteiger partial charge in [-0.1, -0.05) is 26.7 Å². The van der Waals surface area contributed by atoms with E-state index in [9.17, 15) is 0 Å². The molecule has 1 aromatic heterocycles. The molecule has 18 heavy (non-hydrogen) atoms. The van der Waals surface area contributed by atoms with Crippen molar-refractivity contribution in [2.75, 3.05) is 10.7 Å². The van der Waals surface area contributed by atoms with Gasteiger partial charge in [0.2, 0.25) is 0 Å². The first-order valence-corrected chi connectivity index (χ1v) is 6.84. The van der Waals surface area contributed by atoms with Gasteiger partial charge < -0.3 is 10.7 Å². The molecule has 1 aromatic rings. The maximum Gasteiger partial charge on any atom is 0.145 e. The van der Waals surface area contributed by atoms with E-state index >= 15 is 0 Å². The predicted octanol–water partition coefficient (Wildman–Crippen LogP) is 2.32. The molecule has 0 aromatic carbocycles. The lowest BCUT2D eigenvalue weighted by molar-refractivity contribution is 0.349. The van der Waals surface area contributed by atoms with Crippen molar-refractivity contribution in [2.45, 2.75) is 52.0 Å². The van der Waals surface area contributed by atoms with Gasteiger partial charge >= 0.3 is 0 Å². The predicted molar refractivity (Wildman–Crippen MR) is 74.3 cm³/mol. The largest absolute Gasteiger partial charge is 0.367 e. The average Bonchev–Trinajstić information content (AvgIpc) is 2.41. The van der Waals surface area contributed by atoms with Crippen LogP contribution >= 0.6 is 0 Å². The highest BCUT2D eigenvalue weighted by molar-refractivity contribution is 5.47. The number of rotatable bonds is 4. The van der Waals surface area contributed by atoms with E-state index in [1.165, 1.54) is 25.7 Å². The van der Waals surface area contributed by atoms with Crippen LogP contribution in [0.3, 0.4) is 0 Å². The lowest BCUT2D eigenvalue weighted by atomic mass is 9.86. The third-order valence-electron chi connectivity index (χ3n) is 3.68. The van der Waals surface area contributed by atoms with Crippen molar-refractivity contribution in [3.8, 4) is 0 Å². The molecule has 2 unspecified atom stereocenters. The zero-order valence-corrected chi connectivity index (χ0v) is 11.2. The van der Waals surface area contributed by atoms with Gasteiger partial charge in [0.15, 0.2) is 0 Å². The number of anilines is 2. The number of aromatic nitrogens is 2. The number of nitrogen functional groups attached to an aromatic ring is 1. The second-order valence-electron chi connectivity index (χ2n) is 5.07. The van der Waals surface area contributed by atoms with Gasteiger partial charge in [-0.25, -0.2) is 15.8 Å². The van der Waals surface area contributed by atoms with E-state index in [-0.39, 0.29) is 0 Å². The van der Waals surface area contributed by atoms with Gasteiger partial charge in [-0.15, -0.1) is 0 Å². The molecule has 5 heteroatoms. The van der Waals surface area contributed by atoms with Crippen LogP contribution in [0, 0.1) is 5.92 Å². The summed E-state index contributed by atoms with van der Waals surface area (Å²) in [6.07, 6.45) is 5.97. The van der Waals surface area contributed by atoms with Gasteiger partial charge in [-0.3, -0.25) is 0 Å². The van der Waals surface area contributed by atoms with Crippen LogP contribution in [0.2, 0.25) is 0 Å². The molecular weight excluding hydrogens is 226 g/mol. The molecular formula is C13H23N5. The van der Waals surface area contributed by atoms with Crippen LogP contribution < -0.4 is 16.6 Å². The number of nitrogens with one attached hydrogen (secondary N) is 2. The molecule has 0 bridgehead atoms. The fourth-order valence-electron chi connectivity index (χ4n) is 2.52. The summed E-state index contributed by atoms with van der Waals surface area (Å²) >= 11 is 0. The third kappa shape index (κ3) is 3.10. The minimum atomic E-state index is 0.518. The normalized spacial score (nSPS) is 23.7. The molecule has 2 rings (SSSR count). The van der Waals surface area contributed by atoms with Gasteiger partial charge in [0.1, 0.15) is 17.5 Å². The Labute approximate surface area is 109 Å². The Morgan fingerprint density at radius 2 is 2.00 bits per heavy atom. The Kier molecular flexibility index (Phi) is 4.36. The first kappa shape index (κ1) is 13.1. The Balaban J connectivity index is 2.12. The number of hydrogen-bond acceptors (Lipinski definition) is 5. The summed E-state index contributed by atoms with van der Waals surface area (Å²) in [5, 5.41) is 3.53. The van der Waals surface area contributed by atoms with E-state index in [1.54, 1.807) is 0 Å². The summed E-state index contributed by atoms with van der Waals surface area (Å²) in [7, 11) is 0. The number of hydrogen-bond donors (Lipinski definition) is 3. The van der Waals surface area contributed by atoms with Gasteiger partial charge in [0.25, 0.3) is 0 Å². The van der Waals surface area contributed by atoms with Gasteiger partial charge in [0, 0.05) is 18.5 Å². The van der Waals surface area contributed by atoms with Crippen LogP contribution in [-0.4, -0.2) is 16.0 Å². The minimum absolute atomic E-state index is 0.518. The highest BCUT2D eigenvalue weighted by Gasteiger charge is 2.21. The number of hydrazine groups is 1. The van der Waals surface area contributed by atoms with Crippen molar-refractivity contribution in [3.63, 3.8) is 0 Å². The molecule has 1 fully saturated rings. The highest BCUT2D eigenvalue weighted by Crippen LogP contribution is 2.26. The molecule has 0 aliphatic heterocycles. The maximum atomic E-state index is 5.43. The molecule has 0 saturated heterocycles. The van der Waals surface area contributed by atoms with Crippen molar-refractivity contribution in [3.05, 3.63) is 11.9 Å². The summed E-state index contributed by atoms with van der Waals surface area (Å²) < 4.78 is 0. The SMILES string of the molecule is CCc1nc(NN)cc(NC2CCCCC2C)n1. The first-order chi connectivity index (χ1) is 8.72. The minimum Gasteiger partial charge on any atom is -0.367 e. The van der Waals surface area contributed by atoms with Crippen LogP contribution in [0.1, 0.15) is 45.4 Å². The summed E-state index contributed by atoms with van der Waals surface area (Å²) in [5.41, 5.74) is 2.60. The van der Waals surface area contributed by atoms with Crippen molar-refractivity contribution in [2.24, 2.45) is 11.8 Å². The lowest BCUT2D eigenvalue weighted by Crippen LogP contribution is -2.31. The van der Waals surface area contributed by atoms with Crippen molar-refractivity contribution in [1.29, 1.82) is 0 Å². The number of nitrogens with zero attached hydrogens (tertiary/aromatic N) is 2. The van der Waals surface area contributed by atoms with E-state index in [0.29, 0.717) is 17.8 Å². The van der Waals surface area contributed by atoms with E-state index in [0.717, 1.165) is 18.1 Å². The van der Waals surface area contributed by atoms with Crippen molar-refractivity contribution in [1.82, 2.24) is 9.97 Å². The van der Waals surface area contributed by atoms with E-state index in [2.05, 4.69) is 27.6 Å². The molecule has 100 valence electrons. The van der Waals surface area contributed by atoms with Crippen LogP contribution in [0.15, 0.2) is 6.07 Å². The first-order valence-electron chi connectivity index (χ1n) is 6.84. The van der Waals surface area contributed by atoms with E-state index in [1.807, 2.05) is 13.0 Å². The summed E-state index contributed by atoms with van der Waals surface area (Å²) in [5.74, 6) is 8.51. The molecule has 0 radical (unpaired) electrons. The molecule has 1 aliphatic rings. The maximum absolute atomic E-state index is 5.43. The van der Waals surface area contributed by atoms with Crippen LogP contribution in [0.4, 0.5) is 11.6 Å². The topological polar surface area (TPSA) is 75.9 Å². The Morgan fingerprint density at radius 3 is 2.67 bits per heavy atom. The van der Waals surface area contributed by atoms with Crippen molar-refractivity contribution >= 4 is 11.6 Å². The van der Waals surface area contributed by atoms with Crippen LogP contribution in [0.25, 0.3) is 0 Å². The molecule has 0 amide bonds. The quantitative estimate of drug-likeness (QED) is 0.564. The summed E-state index contributed by atoms with van der Waals surface area (Å²) in [4.78, 5) is 8.81. The Bertz CT molecular complexity index is 371.